The van der Waals surface area contributed by atoms with Crippen LogP contribution in [0.15, 0.2) is 28.7 Å². The molecule has 1 atom stereocenters. The first kappa shape index (κ1) is 12.1. The number of rotatable bonds is 5. The lowest BCUT2D eigenvalue weighted by Crippen LogP contribution is -2.21. The van der Waals surface area contributed by atoms with Gasteiger partial charge in [-0.05, 0) is 30.9 Å². The van der Waals surface area contributed by atoms with Crippen molar-refractivity contribution in [3.8, 4) is 0 Å². The van der Waals surface area contributed by atoms with Crippen LogP contribution in [0.4, 0.5) is 0 Å². The molecule has 1 aromatic carbocycles. The lowest BCUT2D eigenvalue weighted by molar-refractivity contribution is 0.601. The summed E-state index contributed by atoms with van der Waals surface area (Å²) >= 11 is 5.35. The first-order valence-electron chi connectivity index (χ1n) is 4.72. The standard InChI is InChI=1S/C11H16BrNS/c1-9(13-6-7-14-2)10-4-3-5-11(12)8-10/h3-5,8-9,13H,6-7H2,1-2H3/t9-/m1/s1. The number of nitrogens with one attached hydrogen (secondary N) is 1. The highest BCUT2D eigenvalue weighted by Gasteiger charge is 2.03. The van der Waals surface area contributed by atoms with Crippen LogP contribution in [0, 0.1) is 0 Å². The first-order chi connectivity index (χ1) is 6.74. The molecule has 1 nitrogen and oxygen atoms in total. The van der Waals surface area contributed by atoms with Crippen molar-refractivity contribution in [2.75, 3.05) is 18.6 Å². The summed E-state index contributed by atoms with van der Waals surface area (Å²) in [5.74, 6) is 1.17. The highest BCUT2D eigenvalue weighted by molar-refractivity contribution is 9.10. The van der Waals surface area contributed by atoms with Crippen molar-refractivity contribution in [1.29, 1.82) is 0 Å². The summed E-state index contributed by atoms with van der Waals surface area (Å²) in [6, 6.07) is 8.88. The summed E-state index contributed by atoms with van der Waals surface area (Å²) < 4.78 is 1.15. The van der Waals surface area contributed by atoms with E-state index >= 15 is 0 Å². The van der Waals surface area contributed by atoms with Gasteiger partial charge in [0.25, 0.3) is 0 Å². The molecule has 1 rings (SSSR count). The normalized spacial score (nSPS) is 12.8. The van der Waals surface area contributed by atoms with E-state index in [9.17, 15) is 0 Å². The van der Waals surface area contributed by atoms with Crippen LogP contribution < -0.4 is 5.32 Å². The third kappa shape index (κ3) is 4.03. The molecular weight excluding hydrogens is 258 g/mol. The van der Waals surface area contributed by atoms with Crippen molar-refractivity contribution in [1.82, 2.24) is 5.32 Å². The van der Waals surface area contributed by atoms with Crippen LogP contribution in [0.5, 0.6) is 0 Å². The van der Waals surface area contributed by atoms with Gasteiger partial charge in [0.15, 0.2) is 0 Å². The van der Waals surface area contributed by atoms with Gasteiger partial charge in [0.05, 0.1) is 0 Å². The average Bonchev–Trinajstić information content (AvgIpc) is 2.18. The Morgan fingerprint density at radius 3 is 2.93 bits per heavy atom. The highest BCUT2D eigenvalue weighted by Crippen LogP contribution is 2.17. The molecule has 0 unspecified atom stereocenters. The van der Waals surface area contributed by atoms with E-state index < -0.39 is 0 Å². The maximum absolute atomic E-state index is 3.49. The Hall–Kier alpha value is 0.01000. The number of benzene rings is 1. The zero-order chi connectivity index (χ0) is 10.4. The molecule has 1 aromatic rings. The molecule has 0 saturated heterocycles. The smallest absolute Gasteiger partial charge is 0.0292 e. The molecule has 0 aliphatic heterocycles. The van der Waals surface area contributed by atoms with Crippen LogP contribution in [0.1, 0.15) is 18.5 Å². The van der Waals surface area contributed by atoms with E-state index in [1.165, 1.54) is 11.3 Å². The second-order valence-electron chi connectivity index (χ2n) is 3.22. The van der Waals surface area contributed by atoms with E-state index in [-0.39, 0.29) is 0 Å². The number of halogens is 1. The molecule has 0 fully saturated rings. The van der Waals surface area contributed by atoms with Crippen molar-refractivity contribution >= 4 is 27.7 Å². The van der Waals surface area contributed by atoms with Gasteiger partial charge in [0, 0.05) is 22.8 Å². The molecule has 0 aromatic heterocycles. The fourth-order valence-corrected chi connectivity index (χ4v) is 2.01. The van der Waals surface area contributed by atoms with Crippen molar-refractivity contribution < 1.29 is 0 Å². The molecule has 0 amide bonds. The molecular formula is C11H16BrNS. The maximum atomic E-state index is 3.49. The van der Waals surface area contributed by atoms with Gasteiger partial charge in [-0.25, -0.2) is 0 Å². The molecule has 1 N–H and O–H groups in total. The summed E-state index contributed by atoms with van der Waals surface area (Å²) in [5.41, 5.74) is 1.33. The van der Waals surface area contributed by atoms with E-state index in [0.29, 0.717) is 6.04 Å². The molecule has 78 valence electrons. The van der Waals surface area contributed by atoms with Gasteiger partial charge in [-0.3, -0.25) is 0 Å². The third-order valence-corrected chi connectivity index (χ3v) is 3.21. The largest absolute Gasteiger partial charge is 0.309 e. The molecule has 0 aliphatic rings. The Kier molecular flexibility index (Phi) is 5.60. The summed E-state index contributed by atoms with van der Waals surface area (Å²) in [4.78, 5) is 0. The monoisotopic (exact) mass is 273 g/mol. The van der Waals surface area contributed by atoms with Crippen molar-refractivity contribution in [2.45, 2.75) is 13.0 Å². The second kappa shape index (κ2) is 6.49. The zero-order valence-corrected chi connectivity index (χ0v) is 11.0. The quantitative estimate of drug-likeness (QED) is 0.825. The van der Waals surface area contributed by atoms with E-state index in [1.807, 2.05) is 11.8 Å². The Labute approximate surface area is 98.8 Å². The zero-order valence-electron chi connectivity index (χ0n) is 8.59. The lowest BCUT2D eigenvalue weighted by atomic mass is 10.1. The van der Waals surface area contributed by atoms with Crippen LogP contribution in [-0.4, -0.2) is 18.6 Å². The molecule has 0 radical (unpaired) electrons. The summed E-state index contributed by atoms with van der Waals surface area (Å²) in [6.45, 7) is 3.26. The molecule has 0 heterocycles. The topological polar surface area (TPSA) is 12.0 Å². The predicted molar refractivity (Wildman–Crippen MR) is 68.9 cm³/mol. The molecule has 0 saturated carbocycles. The SMILES string of the molecule is CSCCN[C@H](C)c1cccc(Br)c1. The van der Waals surface area contributed by atoms with Crippen molar-refractivity contribution in [3.05, 3.63) is 34.3 Å². The van der Waals surface area contributed by atoms with Crippen LogP contribution in [0.2, 0.25) is 0 Å². The van der Waals surface area contributed by atoms with E-state index in [0.717, 1.165) is 11.0 Å². The van der Waals surface area contributed by atoms with Crippen LogP contribution >= 0.6 is 27.7 Å². The van der Waals surface area contributed by atoms with Gasteiger partial charge in [0.2, 0.25) is 0 Å². The third-order valence-electron chi connectivity index (χ3n) is 2.11. The van der Waals surface area contributed by atoms with Gasteiger partial charge in [-0.2, -0.15) is 11.8 Å². The summed E-state index contributed by atoms with van der Waals surface area (Å²) in [7, 11) is 0. The Bertz CT molecular complexity index is 278. The van der Waals surface area contributed by atoms with Gasteiger partial charge in [-0.1, -0.05) is 28.1 Å². The van der Waals surface area contributed by atoms with Gasteiger partial charge >= 0.3 is 0 Å². The Morgan fingerprint density at radius 1 is 1.50 bits per heavy atom. The van der Waals surface area contributed by atoms with E-state index in [1.54, 1.807) is 0 Å². The Balaban J connectivity index is 2.47. The minimum absolute atomic E-state index is 0.430. The van der Waals surface area contributed by atoms with Gasteiger partial charge in [-0.15, -0.1) is 0 Å². The van der Waals surface area contributed by atoms with Crippen LogP contribution in [-0.2, 0) is 0 Å². The van der Waals surface area contributed by atoms with E-state index in [2.05, 4.69) is 58.7 Å². The summed E-state index contributed by atoms with van der Waals surface area (Å²) in [5, 5.41) is 3.49. The van der Waals surface area contributed by atoms with Crippen LogP contribution in [0.3, 0.4) is 0 Å². The predicted octanol–water partition coefficient (Wildman–Crippen LogP) is 3.46. The molecule has 0 aliphatic carbocycles. The maximum Gasteiger partial charge on any atom is 0.0292 e. The summed E-state index contributed by atoms with van der Waals surface area (Å²) in [6.07, 6.45) is 2.13. The van der Waals surface area contributed by atoms with Crippen LogP contribution in [0.25, 0.3) is 0 Å². The highest BCUT2D eigenvalue weighted by atomic mass is 79.9. The van der Waals surface area contributed by atoms with Gasteiger partial charge < -0.3 is 5.32 Å². The minimum atomic E-state index is 0.430. The van der Waals surface area contributed by atoms with Gasteiger partial charge in [0.1, 0.15) is 0 Å². The lowest BCUT2D eigenvalue weighted by Gasteiger charge is -2.13. The Morgan fingerprint density at radius 2 is 2.29 bits per heavy atom. The number of hydrogen-bond donors (Lipinski definition) is 1. The second-order valence-corrected chi connectivity index (χ2v) is 5.12. The average molecular weight is 274 g/mol. The fraction of sp³-hybridized carbons (Fsp3) is 0.455. The fourth-order valence-electron chi connectivity index (χ4n) is 1.27. The van der Waals surface area contributed by atoms with Crippen molar-refractivity contribution in [3.63, 3.8) is 0 Å². The molecule has 0 spiro atoms. The van der Waals surface area contributed by atoms with E-state index in [4.69, 9.17) is 0 Å². The minimum Gasteiger partial charge on any atom is -0.309 e. The molecule has 3 heteroatoms. The number of hydrogen-bond acceptors (Lipinski definition) is 2. The molecule has 14 heavy (non-hydrogen) atoms. The first-order valence-corrected chi connectivity index (χ1v) is 6.90. The number of thioether (sulfide) groups is 1. The van der Waals surface area contributed by atoms with Crippen molar-refractivity contribution in [2.24, 2.45) is 0 Å². The molecule has 0 bridgehead atoms.